The first kappa shape index (κ1) is 12.4. The predicted molar refractivity (Wildman–Crippen MR) is 54.7 cm³/mol. The fourth-order valence-corrected chi connectivity index (χ4v) is 1.63. The van der Waals surface area contributed by atoms with Gasteiger partial charge in [0.15, 0.2) is 0 Å². The molecular formula is C10H12ClF2NO. The average molecular weight is 236 g/mol. The van der Waals surface area contributed by atoms with Crippen LogP contribution >= 0.6 is 11.6 Å². The molecule has 0 spiro atoms. The van der Waals surface area contributed by atoms with Crippen LogP contribution in [-0.4, -0.2) is 11.7 Å². The van der Waals surface area contributed by atoms with Crippen molar-refractivity contribution in [3.05, 3.63) is 33.9 Å². The van der Waals surface area contributed by atoms with Gasteiger partial charge in [0.1, 0.15) is 11.6 Å². The summed E-state index contributed by atoms with van der Waals surface area (Å²) < 4.78 is 27.0. The lowest BCUT2D eigenvalue weighted by Gasteiger charge is -2.14. The molecule has 0 saturated carbocycles. The van der Waals surface area contributed by atoms with E-state index in [2.05, 4.69) is 0 Å². The van der Waals surface area contributed by atoms with Crippen molar-refractivity contribution in [1.82, 2.24) is 0 Å². The topological polar surface area (TPSA) is 46.2 Å². The molecule has 1 atom stereocenters. The molecule has 0 radical (unpaired) electrons. The lowest BCUT2D eigenvalue weighted by molar-refractivity contribution is 0.274. The molecule has 5 heteroatoms. The molecule has 84 valence electrons. The van der Waals surface area contributed by atoms with Crippen LogP contribution in [0.5, 0.6) is 0 Å². The third-order valence-electron chi connectivity index (χ3n) is 2.18. The van der Waals surface area contributed by atoms with E-state index in [0.717, 1.165) is 0 Å². The lowest BCUT2D eigenvalue weighted by Crippen LogP contribution is -2.16. The lowest BCUT2D eigenvalue weighted by atomic mass is 10.0. The van der Waals surface area contributed by atoms with Crippen LogP contribution in [-0.2, 0) is 0 Å². The van der Waals surface area contributed by atoms with Gasteiger partial charge in [-0.15, -0.1) is 0 Å². The molecule has 0 aromatic heterocycles. The van der Waals surface area contributed by atoms with E-state index in [1.165, 1.54) is 13.0 Å². The number of nitrogens with two attached hydrogens (primary N) is 1. The summed E-state index contributed by atoms with van der Waals surface area (Å²) in [4.78, 5) is 0. The number of hydrogen-bond donors (Lipinski definition) is 2. The Morgan fingerprint density at radius 2 is 2.07 bits per heavy atom. The number of aryl methyl sites for hydroxylation is 1. The van der Waals surface area contributed by atoms with Crippen molar-refractivity contribution in [2.75, 3.05) is 6.61 Å². The number of aliphatic hydroxyl groups is 1. The van der Waals surface area contributed by atoms with E-state index in [4.69, 9.17) is 22.4 Å². The minimum Gasteiger partial charge on any atom is -0.396 e. The Hall–Kier alpha value is -0.710. The molecule has 0 heterocycles. The zero-order valence-corrected chi connectivity index (χ0v) is 8.98. The van der Waals surface area contributed by atoms with Gasteiger partial charge in [-0.2, -0.15) is 0 Å². The highest BCUT2D eigenvalue weighted by atomic mass is 35.5. The maximum atomic E-state index is 13.6. The van der Waals surface area contributed by atoms with E-state index in [9.17, 15) is 8.78 Å². The van der Waals surface area contributed by atoms with Crippen molar-refractivity contribution in [1.29, 1.82) is 0 Å². The third-order valence-corrected chi connectivity index (χ3v) is 2.46. The van der Waals surface area contributed by atoms with Gasteiger partial charge in [0.05, 0.1) is 5.02 Å². The van der Waals surface area contributed by atoms with Gasteiger partial charge in [-0.05, 0) is 25.0 Å². The van der Waals surface area contributed by atoms with Crippen LogP contribution in [0.25, 0.3) is 0 Å². The molecule has 0 bridgehead atoms. The van der Waals surface area contributed by atoms with Crippen molar-refractivity contribution in [3.8, 4) is 0 Å². The summed E-state index contributed by atoms with van der Waals surface area (Å²) in [5.41, 5.74) is 5.53. The van der Waals surface area contributed by atoms with Crippen molar-refractivity contribution in [2.45, 2.75) is 19.4 Å². The van der Waals surface area contributed by atoms with Crippen LogP contribution in [0.2, 0.25) is 5.02 Å². The monoisotopic (exact) mass is 235 g/mol. The first-order chi connectivity index (χ1) is 6.99. The molecule has 0 saturated heterocycles. The first-order valence-electron chi connectivity index (χ1n) is 4.49. The van der Waals surface area contributed by atoms with Crippen LogP contribution in [0, 0.1) is 18.6 Å². The molecule has 3 N–H and O–H groups in total. The number of hydrogen-bond acceptors (Lipinski definition) is 2. The van der Waals surface area contributed by atoms with Crippen LogP contribution in [0.4, 0.5) is 8.78 Å². The zero-order chi connectivity index (χ0) is 11.6. The summed E-state index contributed by atoms with van der Waals surface area (Å²) in [6.07, 6.45) is 0.0909. The van der Waals surface area contributed by atoms with Gasteiger partial charge >= 0.3 is 0 Å². The Bertz CT molecular complexity index is 345. The Morgan fingerprint density at radius 1 is 1.47 bits per heavy atom. The molecule has 2 nitrogen and oxygen atoms in total. The maximum Gasteiger partial charge on any atom is 0.149 e. The minimum atomic E-state index is -0.882. The third kappa shape index (κ3) is 2.45. The molecule has 0 aliphatic rings. The van der Waals surface area contributed by atoms with E-state index >= 15 is 0 Å². The summed E-state index contributed by atoms with van der Waals surface area (Å²) in [5, 5.41) is 8.51. The molecule has 1 rings (SSSR count). The van der Waals surface area contributed by atoms with Gasteiger partial charge in [-0.3, -0.25) is 0 Å². The molecule has 0 amide bonds. The van der Waals surface area contributed by atoms with E-state index in [1.807, 2.05) is 0 Å². The summed E-state index contributed by atoms with van der Waals surface area (Å²) in [6, 6.07) is 0.328. The summed E-state index contributed by atoms with van der Waals surface area (Å²) in [7, 11) is 0. The largest absolute Gasteiger partial charge is 0.396 e. The average Bonchev–Trinajstić information content (AvgIpc) is 2.16. The van der Waals surface area contributed by atoms with E-state index in [0.29, 0.717) is 0 Å². The van der Waals surface area contributed by atoms with Crippen molar-refractivity contribution in [2.24, 2.45) is 5.73 Å². The molecule has 0 aliphatic heterocycles. The number of aliphatic hydroxyl groups excluding tert-OH is 1. The molecule has 1 unspecified atom stereocenters. The second kappa shape index (κ2) is 4.88. The summed E-state index contributed by atoms with van der Waals surface area (Å²) in [6.45, 7) is 1.25. The second-order valence-corrected chi connectivity index (χ2v) is 3.74. The molecule has 0 aliphatic carbocycles. The van der Waals surface area contributed by atoms with Gasteiger partial charge in [0.25, 0.3) is 0 Å². The summed E-state index contributed by atoms with van der Waals surface area (Å²) in [5.74, 6) is -1.54. The van der Waals surface area contributed by atoms with Gasteiger partial charge in [0.2, 0.25) is 0 Å². The minimum absolute atomic E-state index is 0.0909. The number of benzene rings is 1. The Morgan fingerprint density at radius 3 is 2.60 bits per heavy atom. The first-order valence-corrected chi connectivity index (χ1v) is 4.87. The Kier molecular flexibility index (Phi) is 4.02. The highest BCUT2D eigenvalue weighted by Gasteiger charge is 2.20. The highest BCUT2D eigenvalue weighted by Crippen LogP contribution is 2.29. The maximum absolute atomic E-state index is 13.6. The van der Waals surface area contributed by atoms with Gasteiger partial charge in [0, 0.05) is 18.2 Å². The highest BCUT2D eigenvalue weighted by molar-refractivity contribution is 6.30. The van der Waals surface area contributed by atoms with Gasteiger partial charge in [-0.25, -0.2) is 8.78 Å². The van der Waals surface area contributed by atoms with Crippen molar-refractivity contribution >= 4 is 11.6 Å². The SMILES string of the molecule is Cc1cc(Cl)c(F)c(C(N)CCO)c1F. The predicted octanol–water partition coefficient (Wildman–Crippen LogP) is 2.31. The molecular weight excluding hydrogens is 224 g/mol. The molecule has 1 aromatic rings. The quantitative estimate of drug-likeness (QED) is 0.790. The Labute approximate surface area is 91.7 Å². The molecule has 1 aromatic carbocycles. The van der Waals surface area contributed by atoms with Gasteiger partial charge < -0.3 is 10.8 Å². The van der Waals surface area contributed by atoms with Crippen molar-refractivity contribution < 1.29 is 13.9 Å². The standard InChI is InChI=1S/C10H12ClF2NO/c1-5-4-6(11)10(13)8(9(5)12)7(14)2-3-15/h4,7,15H,2-3,14H2,1H3. The van der Waals surface area contributed by atoms with E-state index in [1.54, 1.807) is 0 Å². The smallest absolute Gasteiger partial charge is 0.149 e. The van der Waals surface area contributed by atoms with E-state index in [-0.39, 0.29) is 29.2 Å². The van der Waals surface area contributed by atoms with Crippen LogP contribution in [0.3, 0.4) is 0 Å². The Balaban J connectivity index is 3.26. The fraction of sp³-hybridized carbons (Fsp3) is 0.400. The van der Waals surface area contributed by atoms with Crippen LogP contribution in [0.15, 0.2) is 6.07 Å². The molecule has 15 heavy (non-hydrogen) atoms. The van der Waals surface area contributed by atoms with Gasteiger partial charge in [-0.1, -0.05) is 11.6 Å². The molecule has 0 fully saturated rings. The zero-order valence-electron chi connectivity index (χ0n) is 8.23. The number of rotatable bonds is 3. The normalized spacial score (nSPS) is 12.9. The second-order valence-electron chi connectivity index (χ2n) is 3.34. The fourth-order valence-electron chi connectivity index (χ4n) is 1.36. The number of halogens is 3. The van der Waals surface area contributed by atoms with Crippen LogP contribution < -0.4 is 5.73 Å². The summed E-state index contributed by atoms with van der Waals surface area (Å²) >= 11 is 5.58. The van der Waals surface area contributed by atoms with Crippen molar-refractivity contribution in [3.63, 3.8) is 0 Å². The van der Waals surface area contributed by atoms with E-state index < -0.39 is 17.7 Å². The van der Waals surface area contributed by atoms with Crippen LogP contribution in [0.1, 0.15) is 23.6 Å².